The molecule has 0 aliphatic rings. The van der Waals surface area contributed by atoms with Crippen LogP contribution < -0.4 is 0 Å². The van der Waals surface area contributed by atoms with E-state index in [0.717, 1.165) is 6.42 Å². The Labute approximate surface area is 75.6 Å². The average molecular weight is 192 g/mol. The summed E-state index contributed by atoms with van der Waals surface area (Å²) < 4.78 is 11.4. The maximum atomic E-state index is 11.4. The summed E-state index contributed by atoms with van der Waals surface area (Å²) in [6.45, 7) is 5.46. The average Bonchev–Trinajstić information content (AvgIpc) is 1.98. The van der Waals surface area contributed by atoms with Crippen LogP contribution >= 0.6 is 0 Å². The molecule has 2 atom stereocenters. The number of hydrogen-bond donors (Lipinski definition) is 1. The van der Waals surface area contributed by atoms with Gasteiger partial charge in [-0.3, -0.25) is 9.00 Å². The number of rotatable bonds is 5. The van der Waals surface area contributed by atoms with Crippen molar-refractivity contribution in [3.63, 3.8) is 0 Å². The second-order valence-electron chi connectivity index (χ2n) is 2.99. The molecule has 0 heterocycles. The molecule has 12 heavy (non-hydrogen) atoms. The van der Waals surface area contributed by atoms with Gasteiger partial charge in [0.2, 0.25) is 0 Å². The van der Waals surface area contributed by atoms with Gasteiger partial charge in [0.05, 0.1) is 0 Å². The second-order valence-corrected chi connectivity index (χ2v) is 5.16. The highest BCUT2D eigenvalue weighted by Gasteiger charge is 2.25. The summed E-state index contributed by atoms with van der Waals surface area (Å²) in [5.74, 6) is -0.941. The summed E-state index contributed by atoms with van der Waals surface area (Å²) in [6.07, 6.45) is 1.26. The molecule has 0 bridgehead atoms. The van der Waals surface area contributed by atoms with Crippen molar-refractivity contribution in [2.75, 3.05) is 0 Å². The van der Waals surface area contributed by atoms with E-state index in [2.05, 4.69) is 0 Å². The van der Waals surface area contributed by atoms with Crippen molar-refractivity contribution in [2.24, 2.45) is 0 Å². The van der Waals surface area contributed by atoms with Crippen LogP contribution in [0.3, 0.4) is 0 Å². The minimum absolute atomic E-state index is 0.0716. The minimum atomic E-state index is -1.24. The number of hydrogen-bond acceptors (Lipinski definition) is 2. The Balaban J connectivity index is 4.30. The number of carboxylic acids is 1. The molecule has 72 valence electrons. The van der Waals surface area contributed by atoms with Crippen molar-refractivity contribution < 1.29 is 14.1 Å². The van der Waals surface area contributed by atoms with Gasteiger partial charge in [-0.25, -0.2) is 0 Å². The summed E-state index contributed by atoms with van der Waals surface area (Å²) in [6, 6.07) is 0. The van der Waals surface area contributed by atoms with Gasteiger partial charge in [0.15, 0.2) is 0 Å². The van der Waals surface area contributed by atoms with Crippen molar-refractivity contribution in [2.45, 2.75) is 44.1 Å². The Kier molecular flexibility index (Phi) is 5.13. The third kappa shape index (κ3) is 3.34. The van der Waals surface area contributed by atoms with Gasteiger partial charge in [-0.05, 0) is 6.42 Å². The highest BCUT2D eigenvalue weighted by Crippen LogP contribution is 2.10. The van der Waals surface area contributed by atoms with Crippen molar-refractivity contribution in [3.05, 3.63) is 0 Å². The summed E-state index contributed by atoms with van der Waals surface area (Å²) >= 11 is 0. The first-order valence-corrected chi connectivity index (χ1v) is 5.40. The van der Waals surface area contributed by atoms with Crippen molar-refractivity contribution >= 4 is 16.8 Å². The zero-order valence-electron chi connectivity index (χ0n) is 7.74. The first-order chi connectivity index (χ1) is 5.50. The zero-order valence-corrected chi connectivity index (χ0v) is 8.56. The third-order valence-electron chi connectivity index (χ3n) is 1.57. The Morgan fingerprint density at radius 3 is 2.25 bits per heavy atom. The van der Waals surface area contributed by atoms with Gasteiger partial charge in [-0.2, -0.15) is 0 Å². The summed E-state index contributed by atoms with van der Waals surface area (Å²) in [7, 11) is -1.24. The first kappa shape index (κ1) is 11.6. The highest BCUT2D eigenvalue weighted by atomic mass is 32.2. The lowest BCUT2D eigenvalue weighted by atomic mass is 10.2. The molecule has 0 saturated heterocycles. The Hall–Kier alpha value is -0.380. The quantitative estimate of drug-likeness (QED) is 0.716. The largest absolute Gasteiger partial charge is 0.480 e. The highest BCUT2D eigenvalue weighted by molar-refractivity contribution is 7.87. The fraction of sp³-hybridized carbons (Fsp3) is 0.875. The number of aliphatic carboxylic acids is 1. The first-order valence-electron chi connectivity index (χ1n) is 4.12. The smallest absolute Gasteiger partial charge is 0.319 e. The van der Waals surface area contributed by atoms with E-state index >= 15 is 0 Å². The predicted octanol–water partition coefficient (Wildman–Crippen LogP) is 1.40. The molecular formula is C8H16O3S. The molecule has 0 amide bonds. The molecule has 0 aromatic heterocycles. The molecule has 0 saturated carbocycles. The fourth-order valence-electron chi connectivity index (χ4n) is 0.930. The minimum Gasteiger partial charge on any atom is -0.480 e. The molecule has 0 fully saturated rings. The summed E-state index contributed by atoms with van der Waals surface area (Å²) in [4.78, 5) is 10.6. The third-order valence-corrected chi connectivity index (χ3v) is 3.50. The van der Waals surface area contributed by atoms with Crippen molar-refractivity contribution in [3.8, 4) is 0 Å². The zero-order chi connectivity index (χ0) is 9.72. The van der Waals surface area contributed by atoms with Crippen LogP contribution in [-0.2, 0) is 15.6 Å². The molecule has 0 spiro atoms. The van der Waals surface area contributed by atoms with Gasteiger partial charge in [-0.1, -0.05) is 27.2 Å². The number of carboxylic acid groups (broad SMARTS) is 1. The van der Waals surface area contributed by atoms with Gasteiger partial charge < -0.3 is 5.11 Å². The van der Waals surface area contributed by atoms with Gasteiger partial charge in [0.1, 0.15) is 5.25 Å². The van der Waals surface area contributed by atoms with Crippen LogP contribution in [0.25, 0.3) is 0 Å². The summed E-state index contributed by atoms with van der Waals surface area (Å²) in [5.41, 5.74) is 0. The molecule has 4 heteroatoms. The van der Waals surface area contributed by atoms with Gasteiger partial charge in [0.25, 0.3) is 0 Å². The van der Waals surface area contributed by atoms with Crippen LogP contribution in [0.5, 0.6) is 0 Å². The Bertz CT molecular complexity index is 177. The Morgan fingerprint density at radius 1 is 1.50 bits per heavy atom. The molecule has 3 nitrogen and oxygen atoms in total. The molecule has 0 aliphatic carbocycles. The molecular weight excluding hydrogens is 176 g/mol. The van der Waals surface area contributed by atoms with E-state index in [-0.39, 0.29) is 5.25 Å². The van der Waals surface area contributed by atoms with Crippen LogP contribution in [0.15, 0.2) is 0 Å². The lowest BCUT2D eigenvalue weighted by molar-refractivity contribution is -0.136. The van der Waals surface area contributed by atoms with E-state index < -0.39 is 22.0 Å². The molecule has 0 radical (unpaired) electrons. The SMILES string of the molecule is CCCC(C(=O)O)S(=O)C(C)C. The van der Waals surface area contributed by atoms with E-state index in [0.29, 0.717) is 6.42 Å². The fourth-order valence-corrected chi connectivity index (χ4v) is 2.25. The number of carbonyl (C=O) groups is 1. The van der Waals surface area contributed by atoms with Crippen LogP contribution in [0, 0.1) is 0 Å². The standard InChI is InChI=1S/C8H16O3S/c1-4-5-7(8(9)10)12(11)6(2)3/h6-7H,4-5H2,1-3H3,(H,9,10). The molecule has 0 aromatic carbocycles. The van der Waals surface area contributed by atoms with E-state index in [1.807, 2.05) is 6.92 Å². The molecule has 1 N–H and O–H groups in total. The lowest BCUT2D eigenvalue weighted by Crippen LogP contribution is -2.29. The van der Waals surface area contributed by atoms with Crippen LogP contribution in [-0.4, -0.2) is 25.8 Å². The molecule has 0 aliphatic heterocycles. The van der Waals surface area contributed by atoms with E-state index in [9.17, 15) is 9.00 Å². The topological polar surface area (TPSA) is 54.4 Å². The van der Waals surface area contributed by atoms with Gasteiger partial charge in [-0.15, -0.1) is 0 Å². The van der Waals surface area contributed by atoms with Crippen LogP contribution in [0.1, 0.15) is 33.6 Å². The maximum absolute atomic E-state index is 11.4. The second kappa shape index (κ2) is 5.30. The van der Waals surface area contributed by atoms with Gasteiger partial charge in [0, 0.05) is 16.0 Å². The molecule has 0 rings (SSSR count). The maximum Gasteiger partial charge on any atom is 0.319 e. The Morgan fingerprint density at radius 2 is 2.00 bits per heavy atom. The normalized spacial score (nSPS) is 16.0. The summed E-state index contributed by atoms with van der Waals surface area (Å²) in [5, 5.41) is 7.97. The van der Waals surface area contributed by atoms with Crippen molar-refractivity contribution in [1.29, 1.82) is 0 Å². The van der Waals surface area contributed by atoms with E-state index in [4.69, 9.17) is 5.11 Å². The monoisotopic (exact) mass is 192 g/mol. The predicted molar refractivity (Wildman–Crippen MR) is 49.6 cm³/mol. The van der Waals surface area contributed by atoms with Crippen LogP contribution in [0.2, 0.25) is 0 Å². The molecule has 0 aromatic rings. The van der Waals surface area contributed by atoms with Gasteiger partial charge >= 0.3 is 5.97 Å². The lowest BCUT2D eigenvalue weighted by Gasteiger charge is -2.13. The van der Waals surface area contributed by atoms with E-state index in [1.54, 1.807) is 13.8 Å². The van der Waals surface area contributed by atoms with E-state index in [1.165, 1.54) is 0 Å². The molecule has 2 unspecified atom stereocenters. The van der Waals surface area contributed by atoms with Crippen LogP contribution in [0.4, 0.5) is 0 Å². The van der Waals surface area contributed by atoms with Crippen molar-refractivity contribution in [1.82, 2.24) is 0 Å².